The number of hydrogen-bond acceptors (Lipinski definition) is 4. The zero-order chi connectivity index (χ0) is 15.1. The third-order valence-electron chi connectivity index (χ3n) is 4.08. The normalized spacial score (nSPS) is 19.8. The largest absolute Gasteiger partial charge is 0.383 e. The van der Waals surface area contributed by atoms with Crippen molar-refractivity contribution in [2.24, 2.45) is 0 Å². The van der Waals surface area contributed by atoms with Gasteiger partial charge in [0.15, 0.2) is 0 Å². The fraction of sp³-hybridized carbons (Fsp3) is 0.625. The van der Waals surface area contributed by atoms with Gasteiger partial charge in [-0.1, -0.05) is 12.8 Å². The molecule has 0 bridgehead atoms. The molecule has 1 fully saturated rings. The highest BCUT2D eigenvalue weighted by Crippen LogP contribution is 2.15. The predicted octanol–water partition coefficient (Wildman–Crippen LogP) is 1.79. The Bertz CT molecular complexity index is 463. The second kappa shape index (κ2) is 7.98. The number of nitrogens with one attached hydrogen (secondary N) is 2. The number of pyridine rings is 1. The summed E-state index contributed by atoms with van der Waals surface area (Å²) in [6.45, 7) is 4.42. The number of anilines is 1. The monoisotopic (exact) mass is 290 g/mol. The molecule has 1 saturated heterocycles. The molecule has 2 heterocycles. The van der Waals surface area contributed by atoms with Crippen molar-refractivity contribution in [2.45, 2.75) is 38.6 Å². The predicted molar refractivity (Wildman–Crippen MR) is 85.4 cm³/mol. The summed E-state index contributed by atoms with van der Waals surface area (Å²) in [6, 6.07) is 1.99. The highest BCUT2D eigenvalue weighted by Gasteiger charge is 2.23. The van der Waals surface area contributed by atoms with E-state index >= 15 is 0 Å². The second-order valence-electron chi connectivity index (χ2n) is 5.75. The van der Waals surface area contributed by atoms with E-state index in [-0.39, 0.29) is 11.9 Å². The topological polar surface area (TPSA) is 57.3 Å². The van der Waals surface area contributed by atoms with Crippen LogP contribution in [0.5, 0.6) is 0 Å². The Kier molecular flexibility index (Phi) is 5.99. The van der Waals surface area contributed by atoms with Crippen molar-refractivity contribution in [1.29, 1.82) is 0 Å². The first-order chi connectivity index (χ1) is 10.2. The zero-order valence-corrected chi connectivity index (χ0v) is 13.1. The van der Waals surface area contributed by atoms with Crippen LogP contribution < -0.4 is 10.6 Å². The molecule has 1 aliphatic heterocycles. The van der Waals surface area contributed by atoms with Crippen LogP contribution in [-0.2, 0) is 4.79 Å². The number of likely N-dealkylation sites (tertiary alicyclic amines) is 1. The van der Waals surface area contributed by atoms with E-state index in [1.807, 2.05) is 26.2 Å². The van der Waals surface area contributed by atoms with Gasteiger partial charge in [-0.3, -0.25) is 14.7 Å². The average molecular weight is 290 g/mol. The molecule has 1 aromatic rings. The molecule has 5 heteroatoms. The molecule has 116 valence electrons. The molecule has 0 aliphatic carbocycles. The molecule has 0 saturated carbocycles. The molecule has 1 atom stereocenters. The highest BCUT2D eigenvalue weighted by atomic mass is 16.2. The van der Waals surface area contributed by atoms with E-state index in [0.29, 0.717) is 6.54 Å². The fourth-order valence-corrected chi connectivity index (χ4v) is 2.76. The van der Waals surface area contributed by atoms with Gasteiger partial charge in [0.2, 0.25) is 5.91 Å². The van der Waals surface area contributed by atoms with E-state index in [1.54, 1.807) is 6.20 Å². The number of hydrogen-bond donors (Lipinski definition) is 2. The average Bonchev–Trinajstić information content (AvgIpc) is 2.69. The summed E-state index contributed by atoms with van der Waals surface area (Å²) in [4.78, 5) is 18.5. The number of rotatable bonds is 5. The number of aryl methyl sites for hydroxylation is 1. The number of likely N-dealkylation sites (N-methyl/N-ethyl adjacent to an activating group) is 1. The number of nitrogens with zero attached hydrogens (tertiary/aromatic N) is 2. The van der Waals surface area contributed by atoms with Crippen LogP contribution in [0.25, 0.3) is 0 Å². The SMILES string of the molecule is Cc1cnccc1NCCNC(=O)[C@H]1CCCCCN1C. The molecule has 5 nitrogen and oxygen atoms in total. The van der Waals surface area contributed by atoms with Crippen molar-refractivity contribution in [1.82, 2.24) is 15.2 Å². The molecule has 21 heavy (non-hydrogen) atoms. The zero-order valence-electron chi connectivity index (χ0n) is 13.1. The first-order valence-electron chi connectivity index (χ1n) is 7.81. The summed E-state index contributed by atoms with van der Waals surface area (Å²) in [5.41, 5.74) is 2.19. The second-order valence-corrected chi connectivity index (χ2v) is 5.75. The number of carbonyl (C=O) groups is 1. The van der Waals surface area contributed by atoms with Crippen LogP contribution >= 0.6 is 0 Å². The lowest BCUT2D eigenvalue weighted by molar-refractivity contribution is -0.125. The minimum absolute atomic E-state index is 0.0372. The van der Waals surface area contributed by atoms with E-state index in [2.05, 4.69) is 20.5 Å². The van der Waals surface area contributed by atoms with Gasteiger partial charge < -0.3 is 10.6 Å². The Balaban J connectivity index is 1.72. The Labute approximate surface area is 127 Å². The summed E-state index contributed by atoms with van der Waals surface area (Å²) >= 11 is 0. The molecular weight excluding hydrogens is 264 g/mol. The molecule has 1 amide bonds. The van der Waals surface area contributed by atoms with Gasteiger partial charge in [0.1, 0.15) is 0 Å². The summed E-state index contributed by atoms with van der Waals surface area (Å²) in [6.07, 6.45) is 8.16. The summed E-state index contributed by atoms with van der Waals surface area (Å²) < 4.78 is 0. The number of amides is 1. The van der Waals surface area contributed by atoms with Crippen molar-refractivity contribution in [3.05, 3.63) is 24.0 Å². The van der Waals surface area contributed by atoms with Gasteiger partial charge in [0.25, 0.3) is 0 Å². The number of aromatic nitrogens is 1. The third-order valence-corrected chi connectivity index (χ3v) is 4.08. The van der Waals surface area contributed by atoms with Crippen molar-refractivity contribution >= 4 is 11.6 Å². The lowest BCUT2D eigenvalue weighted by Gasteiger charge is -2.24. The van der Waals surface area contributed by atoms with Gasteiger partial charge in [0, 0.05) is 31.2 Å². The van der Waals surface area contributed by atoms with Crippen LogP contribution in [0.15, 0.2) is 18.5 Å². The van der Waals surface area contributed by atoms with Gasteiger partial charge in [0.05, 0.1) is 6.04 Å². The summed E-state index contributed by atoms with van der Waals surface area (Å²) in [5.74, 6) is 0.160. The van der Waals surface area contributed by atoms with Gasteiger partial charge >= 0.3 is 0 Å². The van der Waals surface area contributed by atoms with E-state index in [9.17, 15) is 4.79 Å². The molecule has 0 aromatic carbocycles. The Morgan fingerprint density at radius 1 is 1.38 bits per heavy atom. The fourth-order valence-electron chi connectivity index (χ4n) is 2.76. The van der Waals surface area contributed by atoms with Crippen LogP contribution in [0.2, 0.25) is 0 Å². The van der Waals surface area contributed by atoms with E-state index in [0.717, 1.165) is 37.2 Å². The first kappa shape index (κ1) is 15.8. The van der Waals surface area contributed by atoms with Gasteiger partial charge in [-0.25, -0.2) is 0 Å². The van der Waals surface area contributed by atoms with E-state index in [1.165, 1.54) is 12.8 Å². The Morgan fingerprint density at radius 2 is 2.24 bits per heavy atom. The maximum Gasteiger partial charge on any atom is 0.237 e. The minimum Gasteiger partial charge on any atom is -0.383 e. The number of carbonyl (C=O) groups excluding carboxylic acids is 1. The van der Waals surface area contributed by atoms with Crippen LogP contribution in [0.4, 0.5) is 5.69 Å². The maximum atomic E-state index is 12.2. The van der Waals surface area contributed by atoms with Gasteiger partial charge in [-0.2, -0.15) is 0 Å². The summed E-state index contributed by atoms with van der Waals surface area (Å²) in [7, 11) is 2.05. The molecule has 1 aromatic heterocycles. The maximum absolute atomic E-state index is 12.2. The standard InChI is InChI=1S/C16H26N4O/c1-13-12-17-8-7-14(13)18-9-10-19-16(21)15-6-4-3-5-11-20(15)2/h7-8,12,15H,3-6,9-11H2,1-2H3,(H,17,18)(H,19,21)/t15-/m1/s1. The van der Waals surface area contributed by atoms with E-state index < -0.39 is 0 Å². The van der Waals surface area contributed by atoms with Crippen molar-refractivity contribution in [2.75, 3.05) is 32.0 Å². The molecule has 0 radical (unpaired) electrons. The van der Waals surface area contributed by atoms with Crippen LogP contribution in [0.1, 0.15) is 31.2 Å². The molecule has 0 unspecified atom stereocenters. The highest BCUT2D eigenvalue weighted by molar-refractivity contribution is 5.81. The van der Waals surface area contributed by atoms with Gasteiger partial charge in [-0.05, 0) is 45.0 Å². The smallest absolute Gasteiger partial charge is 0.237 e. The molecule has 1 aliphatic rings. The molecular formula is C16H26N4O. The molecule has 2 rings (SSSR count). The Hall–Kier alpha value is -1.62. The molecule has 2 N–H and O–H groups in total. The molecule has 0 spiro atoms. The van der Waals surface area contributed by atoms with Crippen molar-refractivity contribution < 1.29 is 4.79 Å². The van der Waals surface area contributed by atoms with Gasteiger partial charge in [-0.15, -0.1) is 0 Å². The third kappa shape index (κ3) is 4.70. The quantitative estimate of drug-likeness (QED) is 0.812. The van der Waals surface area contributed by atoms with Crippen molar-refractivity contribution in [3.8, 4) is 0 Å². The first-order valence-corrected chi connectivity index (χ1v) is 7.81. The minimum atomic E-state index is 0.0372. The van der Waals surface area contributed by atoms with Crippen LogP contribution in [0, 0.1) is 6.92 Å². The Morgan fingerprint density at radius 3 is 3.05 bits per heavy atom. The lowest BCUT2D eigenvalue weighted by Crippen LogP contribution is -2.45. The van der Waals surface area contributed by atoms with E-state index in [4.69, 9.17) is 0 Å². The van der Waals surface area contributed by atoms with Crippen molar-refractivity contribution in [3.63, 3.8) is 0 Å². The van der Waals surface area contributed by atoms with Crippen LogP contribution in [-0.4, -0.2) is 48.5 Å². The lowest BCUT2D eigenvalue weighted by atomic mass is 10.1. The summed E-state index contributed by atoms with van der Waals surface area (Å²) in [5, 5.41) is 6.37. The van der Waals surface area contributed by atoms with Crippen LogP contribution in [0.3, 0.4) is 0 Å².